The van der Waals surface area contributed by atoms with E-state index in [4.69, 9.17) is 0 Å². The van der Waals surface area contributed by atoms with Gasteiger partial charge in [-0.3, -0.25) is 9.59 Å². The van der Waals surface area contributed by atoms with Crippen LogP contribution in [0, 0.1) is 5.82 Å². The van der Waals surface area contributed by atoms with E-state index in [1.54, 1.807) is 36.4 Å². The number of carbonyl (C=O) groups is 2. The maximum Gasteiger partial charge on any atom is 0.251 e. The van der Waals surface area contributed by atoms with Gasteiger partial charge in [0.2, 0.25) is 5.91 Å². The Balaban J connectivity index is 1.47. The Morgan fingerprint density at radius 1 is 0.889 bits per heavy atom. The molecule has 0 saturated heterocycles. The third kappa shape index (κ3) is 5.81. The van der Waals surface area contributed by atoms with Crippen LogP contribution in [0.2, 0.25) is 0 Å². The third-order valence-electron chi connectivity index (χ3n) is 4.67. The predicted octanol–water partition coefficient (Wildman–Crippen LogP) is 3.94. The van der Waals surface area contributed by atoms with E-state index < -0.39 is 0 Å². The van der Waals surface area contributed by atoms with Crippen LogP contribution in [0.25, 0.3) is 0 Å². The lowest BCUT2D eigenvalue weighted by Gasteiger charge is -2.22. The van der Waals surface area contributed by atoms with Crippen molar-refractivity contribution >= 4 is 23.2 Å². The van der Waals surface area contributed by atoms with Gasteiger partial charge in [-0.25, -0.2) is 4.39 Å². The first-order valence-electron chi connectivity index (χ1n) is 9.30. The lowest BCUT2D eigenvalue weighted by atomic mass is 9.95. The molecule has 0 unspecified atom stereocenters. The normalized spacial score (nSPS) is 14.4. The van der Waals surface area contributed by atoms with Crippen LogP contribution in [-0.4, -0.2) is 24.4 Å². The molecule has 2 aromatic rings. The van der Waals surface area contributed by atoms with Crippen LogP contribution in [0.5, 0.6) is 0 Å². The monoisotopic (exact) mass is 369 g/mol. The topological polar surface area (TPSA) is 70.2 Å². The van der Waals surface area contributed by atoms with Crippen molar-refractivity contribution < 1.29 is 14.0 Å². The molecule has 27 heavy (non-hydrogen) atoms. The molecule has 0 aliphatic heterocycles. The second-order valence-corrected chi connectivity index (χ2v) is 6.79. The van der Waals surface area contributed by atoms with Gasteiger partial charge in [0.1, 0.15) is 5.82 Å². The van der Waals surface area contributed by atoms with Crippen LogP contribution in [0.1, 0.15) is 42.5 Å². The highest BCUT2D eigenvalue weighted by molar-refractivity contribution is 5.96. The van der Waals surface area contributed by atoms with E-state index in [2.05, 4.69) is 16.0 Å². The van der Waals surface area contributed by atoms with Gasteiger partial charge in [0, 0.05) is 23.0 Å². The van der Waals surface area contributed by atoms with Crippen LogP contribution in [0.15, 0.2) is 48.5 Å². The van der Waals surface area contributed by atoms with Gasteiger partial charge in [-0.1, -0.05) is 19.3 Å². The predicted molar refractivity (Wildman–Crippen MR) is 104 cm³/mol. The molecule has 1 aliphatic rings. The molecule has 2 amide bonds. The number of halogens is 1. The second kappa shape index (κ2) is 9.16. The number of hydrogen-bond acceptors (Lipinski definition) is 3. The first kappa shape index (κ1) is 18.9. The Kier molecular flexibility index (Phi) is 6.41. The van der Waals surface area contributed by atoms with E-state index in [1.807, 2.05) is 0 Å². The van der Waals surface area contributed by atoms with Gasteiger partial charge >= 0.3 is 0 Å². The summed E-state index contributed by atoms with van der Waals surface area (Å²) in [6.07, 6.45) is 5.67. The maximum absolute atomic E-state index is 12.9. The van der Waals surface area contributed by atoms with E-state index >= 15 is 0 Å². The quantitative estimate of drug-likeness (QED) is 0.722. The van der Waals surface area contributed by atoms with Crippen LogP contribution >= 0.6 is 0 Å². The summed E-state index contributed by atoms with van der Waals surface area (Å²) < 4.78 is 12.9. The second-order valence-electron chi connectivity index (χ2n) is 6.79. The van der Waals surface area contributed by atoms with Crippen LogP contribution in [0.4, 0.5) is 15.8 Å². The summed E-state index contributed by atoms with van der Waals surface area (Å²) in [4.78, 5) is 24.3. The van der Waals surface area contributed by atoms with Crippen molar-refractivity contribution in [3.05, 3.63) is 59.9 Å². The van der Waals surface area contributed by atoms with Crippen molar-refractivity contribution in [1.29, 1.82) is 0 Å². The summed E-state index contributed by atoms with van der Waals surface area (Å²) in [5, 5.41) is 8.76. The van der Waals surface area contributed by atoms with E-state index in [-0.39, 0.29) is 30.2 Å². The van der Waals surface area contributed by atoms with Crippen LogP contribution in [0.3, 0.4) is 0 Å². The van der Waals surface area contributed by atoms with Crippen molar-refractivity contribution in [1.82, 2.24) is 5.32 Å². The lowest BCUT2D eigenvalue weighted by Crippen LogP contribution is -2.36. The summed E-state index contributed by atoms with van der Waals surface area (Å²) in [6, 6.07) is 12.9. The first-order chi connectivity index (χ1) is 13.1. The minimum absolute atomic E-state index is 0.0650. The lowest BCUT2D eigenvalue weighted by molar-refractivity contribution is -0.114. The van der Waals surface area contributed by atoms with Gasteiger partial charge < -0.3 is 16.0 Å². The summed E-state index contributed by atoms with van der Waals surface area (Å²) in [7, 11) is 0. The van der Waals surface area contributed by atoms with Crippen molar-refractivity contribution in [2.75, 3.05) is 17.2 Å². The Labute approximate surface area is 158 Å². The van der Waals surface area contributed by atoms with Gasteiger partial charge in [-0.2, -0.15) is 0 Å². The molecule has 0 heterocycles. The molecule has 5 nitrogen and oxygen atoms in total. The molecule has 6 heteroatoms. The fraction of sp³-hybridized carbons (Fsp3) is 0.333. The van der Waals surface area contributed by atoms with E-state index in [0.717, 1.165) is 12.8 Å². The smallest absolute Gasteiger partial charge is 0.251 e. The van der Waals surface area contributed by atoms with Crippen molar-refractivity contribution in [2.24, 2.45) is 0 Å². The number of nitrogens with one attached hydrogen (secondary N) is 3. The number of rotatable bonds is 6. The van der Waals surface area contributed by atoms with Gasteiger partial charge in [0.05, 0.1) is 6.54 Å². The SMILES string of the molecule is O=C(CNc1ccc(F)cc1)Nc1ccc(C(=O)NC2CCCCC2)cc1. The summed E-state index contributed by atoms with van der Waals surface area (Å²) in [6.45, 7) is 0.0650. The fourth-order valence-corrected chi connectivity index (χ4v) is 3.18. The zero-order chi connectivity index (χ0) is 19.1. The largest absolute Gasteiger partial charge is 0.376 e. The van der Waals surface area contributed by atoms with Gasteiger partial charge in [0.15, 0.2) is 0 Å². The molecular formula is C21H24FN3O2. The average molecular weight is 369 g/mol. The zero-order valence-corrected chi connectivity index (χ0v) is 15.1. The Hall–Kier alpha value is -2.89. The molecule has 0 radical (unpaired) electrons. The highest BCUT2D eigenvalue weighted by Crippen LogP contribution is 2.18. The van der Waals surface area contributed by atoms with E-state index in [0.29, 0.717) is 16.9 Å². The fourth-order valence-electron chi connectivity index (χ4n) is 3.18. The van der Waals surface area contributed by atoms with Crippen molar-refractivity contribution in [2.45, 2.75) is 38.1 Å². The Morgan fingerprint density at radius 2 is 1.52 bits per heavy atom. The molecule has 1 fully saturated rings. The van der Waals surface area contributed by atoms with Gasteiger partial charge in [0.25, 0.3) is 5.91 Å². The van der Waals surface area contributed by atoms with E-state index in [9.17, 15) is 14.0 Å². The minimum Gasteiger partial charge on any atom is -0.376 e. The summed E-state index contributed by atoms with van der Waals surface area (Å²) >= 11 is 0. The minimum atomic E-state index is -0.322. The molecule has 3 rings (SSSR count). The number of anilines is 2. The van der Waals surface area contributed by atoms with Gasteiger partial charge in [-0.15, -0.1) is 0 Å². The Morgan fingerprint density at radius 3 is 2.19 bits per heavy atom. The summed E-state index contributed by atoms with van der Waals surface area (Å²) in [5.74, 6) is -0.617. The molecule has 0 bridgehead atoms. The zero-order valence-electron chi connectivity index (χ0n) is 15.1. The molecular weight excluding hydrogens is 345 g/mol. The van der Waals surface area contributed by atoms with Crippen LogP contribution in [-0.2, 0) is 4.79 Å². The molecule has 0 aromatic heterocycles. The van der Waals surface area contributed by atoms with E-state index in [1.165, 1.54) is 31.4 Å². The third-order valence-corrected chi connectivity index (χ3v) is 4.67. The molecule has 1 aliphatic carbocycles. The number of amides is 2. The number of carbonyl (C=O) groups excluding carboxylic acids is 2. The molecule has 2 aromatic carbocycles. The number of benzene rings is 2. The molecule has 0 atom stereocenters. The van der Waals surface area contributed by atoms with Crippen molar-refractivity contribution in [3.63, 3.8) is 0 Å². The highest BCUT2D eigenvalue weighted by Gasteiger charge is 2.16. The molecule has 142 valence electrons. The van der Waals surface area contributed by atoms with Crippen LogP contribution < -0.4 is 16.0 Å². The summed E-state index contributed by atoms with van der Waals surface area (Å²) in [5.41, 5.74) is 1.87. The first-order valence-corrected chi connectivity index (χ1v) is 9.30. The molecule has 1 saturated carbocycles. The molecule has 0 spiro atoms. The average Bonchev–Trinajstić information content (AvgIpc) is 2.69. The van der Waals surface area contributed by atoms with Gasteiger partial charge in [-0.05, 0) is 61.4 Å². The van der Waals surface area contributed by atoms with Crippen molar-refractivity contribution in [3.8, 4) is 0 Å². The molecule has 3 N–H and O–H groups in total. The highest BCUT2D eigenvalue weighted by atomic mass is 19.1. The number of hydrogen-bond donors (Lipinski definition) is 3. The Bertz CT molecular complexity index is 769. The standard InChI is InChI=1S/C21H24FN3O2/c22-16-8-12-17(13-9-16)23-14-20(26)24-19-10-6-15(7-11-19)21(27)25-18-4-2-1-3-5-18/h6-13,18,23H,1-5,14H2,(H,24,26)(H,25,27). The maximum atomic E-state index is 12.9.